The molecule has 0 aliphatic carbocycles. The molecule has 4 heteroatoms. The van der Waals surface area contributed by atoms with Crippen molar-refractivity contribution in [3.05, 3.63) is 59.7 Å². The van der Waals surface area contributed by atoms with Crippen molar-refractivity contribution in [3.63, 3.8) is 0 Å². The Morgan fingerprint density at radius 1 is 1.22 bits per heavy atom. The van der Waals surface area contributed by atoms with Crippen LogP contribution < -0.4 is 10.1 Å². The van der Waals surface area contributed by atoms with Crippen LogP contribution in [0.3, 0.4) is 0 Å². The van der Waals surface area contributed by atoms with Gasteiger partial charge in [0.25, 0.3) is 5.91 Å². The predicted molar refractivity (Wildman–Crippen MR) is 91.9 cm³/mol. The van der Waals surface area contributed by atoms with Crippen LogP contribution in [0.5, 0.6) is 5.75 Å². The van der Waals surface area contributed by atoms with E-state index in [0.29, 0.717) is 23.6 Å². The van der Waals surface area contributed by atoms with Crippen molar-refractivity contribution in [2.45, 2.75) is 32.8 Å². The summed E-state index contributed by atoms with van der Waals surface area (Å²) in [5.74, 6) is 0.498. The Morgan fingerprint density at radius 2 is 2.00 bits per heavy atom. The summed E-state index contributed by atoms with van der Waals surface area (Å²) in [7, 11) is 0. The molecule has 1 amide bonds. The van der Waals surface area contributed by atoms with Crippen LogP contribution in [0.4, 0.5) is 5.69 Å². The number of aliphatic hydroxyl groups is 1. The Labute approximate surface area is 137 Å². The molecule has 0 aromatic heterocycles. The molecular weight excluding hydrogens is 290 g/mol. The Hall–Kier alpha value is -2.33. The summed E-state index contributed by atoms with van der Waals surface area (Å²) in [5, 5.41) is 12.5. The van der Waals surface area contributed by atoms with E-state index in [1.54, 1.807) is 31.2 Å². The fraction of sp³-hybridized carbons (Fsp3) is 0.316. The number of unbranched alkanes of at least 4 members (excludes halogenated alkanes) is 1. The summed E-state index contributed by atoms with van der Waals surface area (Å²) in [6.45, 7) is 4.45. The van der Waals surface area contributed by atoms with Gasteiger partial charge in [0.1, 0.15) is 5.75 Å². The van der Waals surface area contributed by atoms with Gasteiger partial charge < -0.3 is 15.2 Å². The van der Waals surface area contributed by atoms with Crippen LogP contribution in [-0.2, 0) is 0 Å². The summed E-state index contributed by atoms with van der Waals surface area (Å²) in [4.78, 5) is 12.3. The highest BCUT2D eigenvalue weighted by Gasteiger charge is 2.09. The van der Waals surface area contributed by atoms with Gasteiger partial charge in [-0.2, -0.15) is 0 Å². The molecule has 0 spiro atoms. The van der Waals surface area contributed by atoms with Crippen molar-refractivity contribution in [1.82, 2.24) is 0 Å². The van der Waals surface area contributed by atoms with Crippen LogP contribution >= 0.6 is 0 Å². The fourth-order valence-corrected chi connectivity index (χ4v) is 2.14. The van der Waals surface area contributed by atoms with Gasteiger partial charge in [-0.1, -0.05) is 31.5 Å². The van der Waals surface area contributed by atoms with Gasteiger partial charge in [0.2, 0.25) is 0 Å². The fourth-order valence-electron chi connectivity index (χ4n) is 2.14. The third-order valence-electron chi connectivity index (χ3n) is 3.49. The van der Waals surface area contributed by atoms with E-state index in [1.807, 2.05) is 24.3 Å². The van der Waals surface area contributed by atoms with Crippen LogP contribution in [0.2, 0.25) is 0 Å². The van der Waals surface area contributed by atoms with Gasteiger partial charge in [0.15, 0.2) is 0 Å². The molecule has 2 N–H and O–H groups in total. The molecule has 0 aliphatic rings. The predicted octanol–water partition coefficient (Wildman–Crippen LogP) is 4.17. The summed E-state index contributed by atoms with van der Waals surface area (Å²) < 4.78 is 5.62. The van der Waals surface area contributed by atoms with Crippen LogP contribution in [0, 0.1) is 0 Å². The standard InChI is InChI=1S/C19H23NO3/c1-3-4-11-23-18-10-6-8-16(13-18)19(22)20-17-9-5-7-15(12-17)14(2)21/h5-10,12-14,21H,3-4,11H2,1-2H3,(H,20,22)/t14-/m0/s1. The first-order valence-corrected chi connectivity index (χ1v) is 7.92. The number of amides is 1. The molecule has 0 unspecified atom stereocenters. The molecule has 4 nitrogen and oxygen atoms in total. The minimum Gasteiger partial charge on any atom is -0.494 e. The zero-order valence-electron chi connectivity index (χ0n) is 13.6. The molecule has 1 atom stereocenters. The van der Waals surface area contributed by atoms with Crippen LogP contribution in [0.1, 0.15) is 48.7 Å². The maximum atomic E-state index is 12.3. The molecule has 0 radical (unpaired) electrons. The normalized spacial score (nSPS) is 11.8. The lowest BCUT2D eigenvalue weighted by atomic mass is 10.1. The van der Waals surface area contributed by atoms with E-state index in [4.69, 9.17) is 4.74 Å². The molecule has 23 heavy (non-hydrogen) atoms. The van der Waals surface area contributed by atoms with Crippen molar-refractivity contribution < 1.29 is 14.6 Å². The lowest BCUT2D eigenvalue weighted by Crippen LogP contribution is -2.12. The number of carbonyl (C=O) groups excluding carboxylic acids is 1. The second-order valence-electron chi connectivity index (χ2n) is 5.49. The van der Waals surface area contributed by atoms with Crippen LogP contribution in [0.25, 0.3) is 0 Å². The third kappa shape index (κ3) is 5.11. The van der Waals surface area contributed by atoms with E-state index >= 15 is 0 Å². The number of aliphatic hydroxyl groups excluding tert-OH is 1. The Bertz CT molecular complexity index is 653. The van der Waals surface area contributed by atoms with Gasteiger partial charge in [-0.25, -0.2) is 0 Å². The monoisotopic (exact) mass is 313 g/mol. The molecule has 0 aliphatic heterocycles. The first-order chi connectivity index (χ1) is 11.1. The van der Waals surface area contributed by atoms with E-state index in [2.05, 4.69) is 12.2 Å². The third-order valence-corrected chi connectivity index (χ3v) is 3.49. The average Bonchev–Trinajstić information content (AvgIpc) is 2.55. The Morgan fingerprint density at radius 3 is 2.74 bits per heavy atom. The van der Waals surface area contributed by atoms with Crippen LogP contribution in [0.15, 0.2) is 48.5 Å². The molecule has 0 saturated carbocycles. The molecule has 0 fully saturated rings. The van der Waals surface area contributed by atoms with Crippen molar-refractivity contribution in [1.29, 1.82) is 0 Å². The number of benzene rings is 2. The van der Waals surface area contributed by atoms with Crippen molar-refractivity contribution in [2.24, 2.45) is 0 Å². The van der Waals surface area contributed by atoms with E-state index in [-0.39, 0.29) is 5.91 Å². The number of ether oxygens (including phenoxy) is 1. The smallest absolute Gasteiger partial charge is 0.255 e. The molecule has 0 saturated heterocycles. The summed E-state index contributed by atoms with van der Waals surface area (Å²) in [6, 6.07) is 14.3. The number of carbonyl (C=O) groups is 1. The topological polar surface area (TPSA) is 58.6 Å². The van der Waals surface area contributed by atoms with E-state index in [1.165, 1.54) is 0 Å². The SMILES string of the molecule is CCCCOc1cccc(C(=O)Nc2cccc([C@H](C)O)c2)c1. The van der Waals surface area contributed by atoms with Crippen molar-refractivity contribution >= 4 is 11.6 Å². The first kappa shape index (κ1) is 17.0. The lowest BCUT2D eigenvalue weighted by Gasteiger charge is -2.10. The molecule has 2 aromatic rings. The van der Waals surface area contributed by atoms with Gasteiger partial charge >= 0.3 is 0 Å². The van der Waals surface area contributed by atoms with E-state index in [9.17, 15) is 9.90 Å². The Balaban J connectivity index is 2.05. The summed E-state index contributed by atoms with van der Waals surface area (Å²) >= 11 is 0. The second-order valence-corrected chi connectivity index (χ2v) is 5.49. The Kier molecular flexibility index (Phi) is 6.18. The number of hydrogen-bond acceptors (Lipinski definition) is 3. The highest BCUT2D eigenvalue weighted by atomic mass is 16.5. The highest BCUT2D eigenvalue weighted by molar-refractivity contribution is 6.04. The molecule has 122 valence electrons. The average molecular weight is 313 g/mol. The molecule has 0 heterocycles. The van der Waals surface area contributed by atoms with Crippen LogP contribution in [-0.4, -0.2) is 17.6 Å². The molecule has 0 bridgehead atoms. The maximum Gasteiger partial charge on any atom is 0.255 e. The molecular formula is C19H23NO3. The maximum absolute atomic E-state index is 12.3. The van der Waals surface area contributed by atoms with Crippen molar-refractivity contribution in [3.8, 4) is 5.75 Å². The zero-order valence-corrected chi connectivity index (χ0v) is 13.6. The summed E-state index contributed by atoms with van der Waals surface area (Å²) in [5.41, 5.74) is 1.96. The minimum atomic E-state index is -0.567. The van der Waals surface area contributed by atoms with Gasteiger partial charge in [-0.05, 0) is 49.2 Å². The minimum absolute atomic E-state index is 0.200. The number of rotatable bonds is 7. The zero-order chi connectivity index (χ0) is 16.7. The summed E-state index contributed by atoms with van der Waals surface area (Å²) in [6.07, 6.45) is 1.49. The van der Waals surface area contributed by atoms with E-state index < -0.39 is 6.10 Å². The van der Waals surface area contributed by atoms with Gasteiger partial charge in [0.05, 0.1) is 12.7 Å². The van der Waals surface area contributed by atoms with E-state index in [0.717, 1.165) is 18.4 Å². The van der Waals surface area contributed by atoms with Crippen molar-refractivity contribution in [2.75, 3.05) is 11.9 Å². The number of nitrogens with one attached hydrogen (secondary N) is 1. The largest absolute Gasteiger partial charge is 0.494 e. The molecule has 2 rings (SSSR count). The van der Waals surface area contributed by atoms with Gasteiger partial charge in [0, 0.05) is 11.3 Å². The molecule has 2 aromatic carbocycles. The first-order valence-electron chi connectivity index (χ1n) is 7.92. The second kappa shape index (κ2) is 8.34. The van der Waals surface area contributed by atoms with Gasteiger partial charge in [-0.15, -0.1) is 0 Å². The lowest BCUT2D eigenvalue weighted by molar-refractivity contribution is 0.102. The number of anilines is 1. The quantitative estimate of drug-likeness (QED) is 0.754. The highest BCUT2D eigenvalue weighted by Crippen LogP contribution is 2.19. The number of hydrogen-bond donors (Lipinski definition) is 2. The van der Waals surface area contributed by atoms with Gasteiger partial charge in [-0.3, -0.25) is 4.79 Å².